The van der Waals surface area contributed by atoms with Gasteiger partial charge in [-0.05, 0) is 24.3 Å². The maximum atomic E-state index is 13.5. The number of benzene rings is 3. The molecule has 2 heterocycles. The van der Waals surface area contributed by atoms with Crippen LogP contribution in [0.4, 0.5) is 5.69 Å². The normalized spacial score (nSPS) is 17.5. The number of morpholine rings is 1. The highest BCUT2D eigenvalue weighted by atomic mass is 16.5. The molecule has 0 aromatic heterocycles. The lowest BCUT2D eigenvalue weighted by Crippen LogP contribution is -2.54. The highest BCUT2D eigenvalue weighted by Gasteiger charge is 2.36. The summed E-state index contributed by atoms with van der Waals surface area (Å²) in [6.45, 7) is 2.10. The van der Waals surface area contributed by atoms with Crippen LogP contribution in [0.3, 0.4) is 0 Å². The van der Waals surface area contributed by atoms with Crippen LogP contribution in [-0.4, -0.2) is 61.4 Å². The summed E-state index contributed by atoms with van der Waals surface area (Å²) in [6, 6.07) is 22.8. The molecular weight excluding hydrogens is 432 g/mol. The number of hydrogen-bond donors (Lipinski definition) is 0. The summed E-state index contributed by atoms with van der Waals surface area (Å²) in [6.07, 6.45) is -0.795. The smallest absolute Gasteiger partial charge is 0.265 e. The number of ketones is 1. The number of nitrogens with zero attached hydrogens (tertiary/aromatic N) is 2. The summed E-state index contributed by atoms with van der Waals surface area (Å²) in [5, 5.41) is 0. The largest absolute Gasteiger partial charge is 0.476 e. The first kappa shape index (κ1) is 21.9. The van der Waals surface area contributed by atoms with Gasteiger partial charge in [0.25, 0.3) is 11.8 Å². The minimum atomic E-state index is -0.795. The predicted molar refractivity (Wildman–Crippen MR) is 126 cm³/mol. The third kappa shape index (κ3) is 4.30. The van der Waals surface area contributed by atoms with Gasteiger partial charge in [0, 0.05) is 29.8 Å². The van der Waals surface area contributed by atoms with Crippen LogP contribution >= 0.6 is 0 Å². The summed E-state index contributed by atoms with van der Waals surface area (Å²) in [5.41, 5.74) is 2.14. The summed E-state index contributed by atoms with van der Waals surface area (Å²) >= 11 is 0. The fraction of sp³-hybridized carbons (Fsp3) is 0.222. The van der Waals surface area contributed by atoms with Crippen molar-refractivity contribution < 1.29 is 23.9 Å². The third-order valence-corrected chi connectivity index (χ3v) is 6.05. The molecule has 3 aromatic rings. The van der Waals surface area contributed by atoms with Crippen molar-refractivity contribution in [3.63, 3.8) is 0 Å². The Hall–Kier alpha value is -3.97. The molecule has 5 rings (SSSR count). The fourth-order valence-electron chi connectivity index (χ4n) is 4.22. The molecule has 1 fully saturated rings. The van der Waals surface area contributed by atoms with E-state index in [2.05, 4.69) is 0 Å². The molecule has 0 spiro atoms. The van der Waals surface area contributed by atoms with Crippen LogP contribution in [0.2, 0.25) is 0 Å². The molecule has 2 aliphatic heterocycles. The number of carbonyl (C=O) groups excluding carboxylic acids is 3. The minimum absolute atomic E-state index is 0.104. The van der Waals surface area contributed by atoms with Crippen molar-refractivity contribution in [3.05, 3.63) is 95.6 Å². The molecule has 0 bridgehead atoms. The number of anilines is 1. The molecule has 172 valence electrons. The summed E-state index contributed by atoms with van der Waals surface area (Å²) in [4.78, 5) is 42.6. The molecule has 0 saturated carbocycles. The lowest BCUT2D eigenvalue weighted by Gasteiger charge is -2.37. The molecule has 1 saturated heterocycles. The van der Waals surface area contributed by atoms with E-state index in [1.807, 2.05) is 30.3 Å². The quantitative estimate of drug-likeness (QED) is 0.564. The number of fused-ring (bicyclic) bond motifs is 1. The fourth-order valence-corrected chi connectivity index (χ4v) is 4.22. The van der Waals surface area contributed by atoms with Gasteiger partial charge in [-0.15, -0.1) is 0 Å². The zero-order chi connectivity index (χ0) is 23.5. The number of hydrogen-bond acceptors (Lipinski definition) is 5. The standard InChI is InChI=1S/C27H24N2O5/c30-25(19-6-2-1-3-7-19)20-10-12-21(13-11-20)26(31)29-18-24(27(32)28-14-16-33-17-15-28)34-23-9-5-4-8-22(23)29/h1-13,24H,14-18H2/t24-/m1/s1. The Balaban J connectivity index is 1.38. The first-order valence-corrected chi connectivity index (χ1v) is 11.3. The van der Waals surface area contributed by atoms with E-state index >= 15 is 0 Å². The molecule has 3 aromatic carbocycles. The van der Waals surface area contributed by atoms with Gasteiger partial charge in [0.1, 0.15) is 5.75 Å². The topological polar surface area (TPSA) is 76.2 Å². The molecule has 34 heavy (non-hydrogen) atoms. The predicted octanol–water partition coefficient (Wildman–Crippen LogP) is 3.18. The molecule has 2 amide bonds. The SMILES string of the molecule is O=C(c1ccccc1)c1ccc(C(=O)N2C[C@H](C(=O)N3CCOCC3)Oc3ccccc32)cc1. The summed E-state index contributed by atoms with van der Waals surface area (Å²) in [5.74, 6) is -0.0225. The summed E-state index contributed by atoms with van der Waals surface area (Å²) in [7, 11) is 0. The van der Waals surface area contributed by atoms with Gasteiger partial charge < -0.3 is 19.3 Å². The molecule has 0 aliphatic carbocycles. The zero-order valence-electron chi connectivity index (χ0n) is 18.6. The lowest BCUT2D eigenvalue weighted by atomic mass is 10.0. The molecule has 7 nitrogen and oxygen atoms in total. The minimum Gasteiger partial charge on any atom is -0.476 e. The highest BCUT2D eigenvalue weighted by molar-refractivity contribution is 6.11. The Morgan fingerprint density at radius 3 is 2.09 bits per heavy atom. The number of ether oxygens (including phenoxy) is 2. The van der Waals surface area contributed by atoms with E-state index in [1.165, 1.54) is 0 Å². The second-order valence-electron chi connectivity index (χ2n) is 8.20. The molecule has 1 atom stereocenters. The number of rotatable bonds is 4. The third-order valence-electron chi connectivity index (χ3n) is 6.05. The Bertz CT molecular complexity index is 1200. The van der Waals surface area contributed by atoms with Crippen molar-refractivity contribution >= 4 is 23.3 Å². The van der Waals surface area contributed by atoms with E-state index in [9.17, 15) is 14.4 Å². The van der Waals surface area contributed by atoms with Gasteiger partial charge in [-0.25, -0.2) is 0 Å². The zero-order valence-corrected chi connectivity index (χ0v) is 18.6. The molecule has 7 heteroatoms. The Kier molecular flexibility index (Phi) is 6.10. The van der Waals surface area contributed by atoms with Crippen molar-refractivity contribution in [1.82, 2.24) is 4.90 Å². The van der Waals surface area contributed by atoms with Crippen LogP contribution in [0.1, 0.15) is 26.3 Å². The van der Waals surface area contributed by atoms with Gasteiger partial charge in [0.2, 0.25) is 0 Å². The van der Waals surface area contributed by atoms with E-state index in [0.717, 1.165) is 0 Å². The van der Waals surface area contributed by atoms with E-state index in [4.69, 9.17) is 9.47 Å². The molecule has 0 N–H and O–H groups in total. The maximum Gasteiger partial charge on any atom is 0.265 e. The van der Waals surface area contributed by atoms with E-state index < -0.39 is 6.10 Å². The first-order chi connectivity index (χ1) is 16.6. The summed E-state index contributed by atoms with van der Waals surface area (Å²) < 4.78 is 11.3. The Morgan fingerprint density at radius 1 is 0.735 bits per heavy atom. The average Bonchev–Trinajstić information content (AvgIpc) is 2.92. The van der Waals surface area contributed by atoms with Crippen LogP contribution in [0, 0.1) is 0 Å². The van der Waals surface area contributed by atoms with Crippen molar-refractivity contribution in [2.24, 2.45) is 0 Å². The number of amides is 2. The lowest BCUT2D eigenvalue weighted by molar-refractivity contribution is -0.142. The maximum absolute atomic E-state index is 13.5. The molecule has 0 unspecified atom stereocenters. The molecule has 0 radical (unpaired) electrons. The first-order valence-electron chi connectivity index (χ1n) is 11.3. The van der Waals surface area contributed by atoms with Crippen molar-refractivity contribution in [3.8, 4) is 5.75 Å². The number of para-hydroxylation sites is 2. The highest BCUT2D eigenvalue weighted by Crippen LogP contribution is 2.34. The van der Waals surface area contributed by atoms with Gasteiger partial charge in [0.05, 0.1) is 25.4 Å². The van der Waals surface area contributed by atoms with Crippen LogP contribution in [0.25, 0.3) is 0 Å². The van der Waals surface area contributed by atoms with Crippen LogP contribution in [0.15, 0.2) is 78.9 Å². The van der Waals surface area contributed by atoms with Crippen LogP contribution in [0.5, 0.6) is 5.75 Å². The van der Waals surface area contributed by atoms with E-state index in [0.29, 0.717) is 54.4 Å². The second-order valence-corrected chi connectivity index (χ2v) is 8.20. The van der Waals surface area contributed by atoms with Gasteiger partial charge >= 0.3 is 0 Å². The second kappa shape index (κ2) is 9.49. The monoisotopic (exact) mass is 456 g/mol. The van der Waals surface area contributed by atoms with Gasteiger partial charge in [-0.3, -0.25) is 14.4 Å². The van der Waals surface area contributed by atoms with Crippen molar-refractivity contribution in [2.45, 2.75) is 6.10 Å². The average molecular weight is 456 g/mol. The van der Waals surface area contributed by atoms with Crippen molar-refractivity contribution in [1.29, 1.82) is 0 Å². The Labute approximate surface area is 197 Å². The van der Waals surface area contributed by atoms with Crippen LogP contribution < -0.4 is 9.64 Å². The van der Waals surface area contributed by atoms with Gasteiger partial charge in [-0.2, -0.15) is 0 Å². The van der Waals surface area contributed by atoms with Gasteiger partial charge in [-0.1, -0.05) is 54.6 Å². The van der Waals surface area contributed by atoms with E-state index in [-0.39, 0.29) is 24.1 Å². The van der Waals surface area contributed by atoms with Gasteiger partial charge in [0.15, 0.2) is 11.9 Å². The number of carbonyl (C=O) groups is 3. The van der Waals surface area contributed by atoms with Crippen LogP contribution in [-0.2, 0) is 9.53 Å². The van der Waals surface area contributed by atoms with Crippen molar-refractivity contribution in [2.75, 3.05) is 37.7 Å². The molecule has 2 aliphatic rings. The Morgan fingerprint density at radius 2 is 1.35 bits per heavy atom. The molecular formula is C27H24N2O5. The van der Waals surface area contributed by atoms with E-state index in [1.54, 1.807) is 58.3 Å².